The Bertz CT molecular complexity index is 1140. The number of carbonyl (C=O) groups is 2. The Kier molecular flexibility index (Phi) is 15.9. The average Bonchev–Trinajstić information content (AvgIpc) is 2.95. The number of ether oxygens (including phenoxy) is 1. The van der Waals surface area contributed by atoms with Crippen molar-refractivity contribution in [3.63, 3.8) is 0 Å². The number of hydrogen-bond donors (Lipinski definition) is 1. The number of nitrogens with zero attached hydrogens (tertiary/aromatic N) is 1. The normalized spacial score (nSPS) is 10.6. The third-order valence-corrected chi connectivity index (χ3v) is 6.97. The number of aromatic nitrogens is 1. The van der Waals surface area contributed by atoms with Crippen LogP contribution in [0.3, 0.4) is 0 Å². The van der Waals surface area contributed by atoms with Crippen LogP contribution < -0.4 is 0 Å². The van der Waals surface area contributed by atoms with Gasteiger partial charge < -0.3 is 9.84 Å². The van der Waals surface area contributed by atoms with Crippen molar-refractivity contribution in [2.45, 2.75) is 97.3 Å². The van der Waals surface area contributed by atoms with E-state index in [1.54, 1.807) is 12.3 Å². The number of halogens is 1. The smallest absolute Gasteiger partial charge is 0.339 e. The number of para-hydroxylation sites is 1. The summed E-state index contributed by atoms with van der Waals surface area (Å²) in [4.78, 5) is 28.0. The molecule has 0 fully saturated rings. The van der Waals surface area contributed by atoms with Crippen molar-refractivity contribution in [2.75, 3.05) is 6.61 Å². The van der Waals surface area contributed by atoms with Crippen molar-refractivity contribution in [2.24, 2.45) is 0 Å². The van der Waals surface area contributed by atoms with Crippen LogP contribution in [0.1, 0.15) is 117 Å². The summed E-state index contributed by atoms with van der Waals surface area (Å²) in [5.41, 5.74) is 2.09. The molecule has 1 aromatic heterocycles. The number of pyridine rings is 1. The number of aryl methyl sites for hydroxylation is 1. The molecule has 6 heteroatoms. The molecule has 3 rings (SSSR count). The Morgan fingerprint density at radius 3 is 2.10 bits per heavy atom. The predicted octanol–water partition coefficient (Wildman–Crippen LogP) is 9.69. The van der Waals surface area contributed by atoms with E-state index >= 15 is 0 Å². The molecule has 0 saturated heterocycles. The molecule has 1 heterocycles. The van der Waals surface area contributed by atoms with Gasteiger partial charge in [-0.3, -0.25) is 4.98 Å². The van der Waals surface area contributed by atoms with Crippen molar-refractivity contribution in [1.29, 1.82) is 0 Å². The highest BCUT2D eigenvalue weighted by Gasteiger charge is 2.18. The van der Waals surface area contributed by atoms with Gasteiger partial charge in [0.1, 0.15) is 0 Å². The molecule has 0 saturated carbocycles. The summed E-state index contributed by atoms with van der Waals surface area (Å²) in [6.07, 6.45) is 16.5. The second kappa shape index (κ2) is 19.2. The van der Waals surface area contributed by atoms with E-state index in [1.165, 1.54) is 57.4 Å². The molecule has 3 aromatic rings. The predicted molar refractivity (Wildman–Crippen MR) is 161 cm³/mol. The Balaban J connectivity index is 0.000000397. The van der Waals surface area contributed by atoms with Gasteiger partial charge in [0.05, 0.1) is 28.3 Å². The van der Waals surface area contributed by atoms with Gasteiger partial charge >= 0.3 is 11.9 Å². The van der Waals surface area contributed by atoms with Gasteiger partial charge in [0.2, 0.25) is 0 Å². The number of carboxylic acids is 1. The summed E-state index contributed by atoms with van der Waals surface area (Å²) >= 11 is 5.89. The van der Waals surface area contributed by atoms with E-state index in [2.05, 4.69) is 18.8 Å². The van der Waals surface area contributed by atoms with Crippen LogP contribution in [0.4, 0.5) is 0 Å². The number of carbonyl (C=O) groups excluding carboxylic acids is 1. The summed E-state index contributed by atoms with van der Waals surface area (Å²) in [6.45, 7) is 4.74. The van der Waals surface area contributed by atoms with Crippen LogP contribution in [-0.2, 0) is 11.2 Å². The fourth-order valence-electron chi connectivity index (χ4n) is 4.40. The van der Waals surface area contributed by atoms with Crippen LogP contribution in [-0.4, -0.2) is 28.6 Å². The fraction of sp³-hybridized carbons (Fsp3) is 0.485. The van der Waals surface area contributed by atoms with Gasteiger partial charge in [0.15, 0.2) is 0 Å². The lowest BCUT2D eigenvalue weighted by Crippen LogP contribution is -2.13. The first-order valence-electron chi connectivity index (χ1n) is 14.5. The number of unbranched alkanes of at least 4 members (excludes halogenated alkanes) is 10. The Morgan fingerprint density at radius 2 is 1.44 bits per heavy atom. The topological polar surface area (TPSA) is 76.5 Å². The molecule has 1 N–H and O–H groups in total. The van der Waals surface area contributed by atoms with E-state index in [1.807, 2.05) is 36.4 Å². The van der Waals surface area contributed by atoms with Gasteiger partial charge in [-0.1, -0.05) is 114 Å². The first kappa shape index (κ1) is 32.3. The van der Waals surface area contributed by atoms with Crippen molar-refractivity contribution in [3.05, 3.63) is 76.4 Å². The molecule has 39 heavy (non-hydrogen) atoms. The van der Waals surface area contributed by atoms with Crippen LogP contribution in [0.25, 0.3) is 10.9 Å². The summed E-state index contributed by atoms with van der Waals surface area (Å²) in [6, 6.07) is 14.7. The SMILES string of the molecule is CCCCCCCCOC(=O)c1cc(CCCCCCCC)ccc1C(=O)O.Clc1cccc2cccnc12. The van der Waals surface area contributed by atoms with Crippen molar-refractivity contribution in [1.82, 2.24) is 4.98 Å². The van der Waals surface area contributed by atoms with Gasteiger partial charge in [-0.05, 0) is 49.1 Å². The molecule has 0 unspecified atom stereocenters. The molecular formula is C33H44ClNO4. The minimum absolute atomic E-state index is 0.0274. The Labute approximate surface area is 238 Å². The molecular weight excluding hydrogens is 510 g/mol. The third-order valence-electron chi connectivity index (χ3n) is 6.67. The Hall–Kier alpha value is -2.92. The lowest BCUT2D eigenvalue weighted by atomic mass is 9.99. The molecule has 5 nitrogen and oxygen atoms in total. The van der Waals surface area contributed by atoms with E-state index in [9.17, 15) is 14.7 Å². The van der Waals surface area contributed by atoms with E-state index in [4.69, 9.17) is 16.3 Å². The maximum Gasteiger partial charge on any atom is 0.339 e. The third kappa shape index (κ3) is 12.2. The number of esters is 1. The number of hydrogen-bond acceptors (Lipinski definition) is 4. The number of fused-ring (bicyclic) bond motifs is 1. The van der Waals surface area contributed by atoms with E-state index in [0.29, 0.717) is 11.6 Å². The first-order valence-corrected chi connectivity index (χ1v) is 14.9. The monoisotopic (exact) mass is 553 g/mol. The second-order valence-corrected chi connectivity index (χ2v) is 10.3. The molecule has 0 aliphatic heterocycles. The average molecular weight is 554 g/mol. The summed E-state index contributed by atoms with van der Waals surface area (Å²) in [5, 5.41) is 11.2. The van der Waals surface area contributed by atoms with Crippen molar-refractivity contribution < 1.29 is 19.4 Å². The highest BCUT2D eigenvalue weighted by Crippen LogP contribution is 2.20. The molecule has 0 aliphatic carbocycles. The molecule has 212 valence electrons. The van der Waals surface area contributed by atoms with E-state index in [-0.39, 0.29) is 11.1 Å². The first-order chi connectivity index (χ1) is 19.0. The lowest BCUT2D eigenvalue weighted by Gasteiger charge is -2.10. The highest BCUT2D eigenvalue weighted by molar-refractivity contribution is 6.34. The maximum atomic E-state index is 12.4. The fourth-order valence-corrected chi connectivity index (χ4v) is 4.63. The summed E-state index contributed by atoms with van der Waals surface area (Å²) in [7, 11) is 0. The van der Waals surface area contributed by atoms with Crippen LogP contribution in [0.15, 0.2) is 54.7 Å². The zero-order valence-electron chi connectivity index (χ0n) is 23.6. The molecule has 2 aromatic carbocycles. The van der Waals surface area contributed by atoms with E-state index in [0.717, 1.165) is 48.6 Å². The van der Waals surface area contributed by atoms with Gasteiger partial charge in [0.25, 0.3) is 0 Å². The quantitative estimate of drug-likeness (QED) is 0.141. The van der Waals surface area contributed by atoms with Gasteiger partial charge in [-0.15, -0.1) is 0 Å². The maximum absolute atomic E-state index is 12.4. The van der Waals surface area contributed by atoms with E-state index < -0.39 is 11.9 Å². The number of benzene rings is 2. The molecule has 0 radical (unpaired) electrons. The Morgan fingerprint density at radius 1 is 0.795 bits per heavy atom. The lowest BCUT2D eigenvalue weighted by molar-refractivity contribution is 0.0487. The van der Waals surface area contributed by atoms with Crippen molar-refractivity contribution >= 4 is 34.4 Å². The van der Waals surface area contributed by atoms with Crippen LogP contribution in [0.5, 0.6) is 0 Å². The zero-order chi connectivity index (χ0) is 28.3. The second-order valence-electron chi connectivity index (χ2n) is 9.92. The number of carboxylic acid groups (broad SMARTS) is 1. The minimum Gasteiger partial charge on any atom is -0.478 e. The highest BCUT2D eigenvalue weighted by atomic mass is 35.5. The molecule has 0 bridgehead atoms. The van der Waals surface area contributed by atoms with Gasteiger partial charge in [0, 0.05) is 11.6 Å². The number of rotatable bonds is 16. The summed E-state index contributed by atoms with van der Waals surface area (Å²) < 4.78 is 5.35. The van der Waals surface area contributed by atoms with Crippen LogP contribution in [0.2, 0.25) is 5.02 Å². The number of aromatic carboxylic acids is 1. The largest absolute Gasteiger partial charge is 0.478 e. The van der Waals surface area contributed by atoms with Crippen LogP contribution in [0, 0.1) is 0 Å². The molecule has 0 aliphatic rings. The van der Waals surface area contributed by atoms with Crippen LogP contribution >= 0.6 is 11.6 Å². The standard InChI is InChI=1S/C24H38O4.C9H6ClN/c1-3-5-7-9-11-13-15-20-16-17-21(23(25)26)22(19-20)24(27)28-18-14-12-10-8-6-4-2;10-8-5-1-3-7-4-2-6-11-9(7)8/h16-17,19H,3-15,18H2,1-2H3,(H,25,26);1-6H. The molecule has 0 atom stereocenters. The molecule has 0 amide bonds. The van der Waals surface area contributed by atoms with Crippen molar-refractivity contribution in [3.8, 4) is 0 Å². The molecule has 0 spiro atoms. The zero-order valence-corrected chi connectivity index (χ0v) is 24.3. The van der Waals surface area contributed by atoms with Gasteiger partial charge in [-0.25, -0.2) is 9.59 Å². The minimum atomic E-state index is -1.09. The van der Waals surface area contributed by atoms with Gasteiger partial charge in [-0.2, -0.15) is 0 Å². The summed E-state index contributed by atoms with van der Waals surface area (Å²) in [5.74, 6) is -1.60.